The largest absolute Gasteiger partial charge is 0.481 e. The number of fused-ring (bicyclic) bond motifs is 1. The van der Waals surface area contributed by atoms with E-state index in [0.29, 0.717) is 16.5 Å². The number of methoxy groups -OCH3 is 1. The van der Waals surface area contributed by atoms with Gasteiger partial charge in [-0.25, -0.2) is 4.79 Å². The molecule has 7 heteroatoms. The Hall–Kier alpha value is -2.67. The highest BCUT2D eigenvalue weighted by Gasteiger charge is 2.30. The molecule has 1 aliphatic rings. The van der Waals surface area contributed by atoms with Crippen LogP contribution >= 0.6 is 11.3 Å². The van der Waals surface area contributed by atoms with Crippen molar-refractivity contribution in [2.75, 3.05) is 12.4 Å². The molecular weight excluding hydrogens is 366 g/mol. The minimum Gasteiger partial charge on any atom is -0.481 e. The Kier molecular flexibility index (Phi) is 5.91. The standard InChI is InChI=1S/C20H21NO5S/c1-26-20(25)18-14-8-7-13(12-5-3-2-4-6-12)11-15(14)27-19(18)21-16(22)9-10-17(23)24/h2-6,13H,7-11H2,1H3,(H,21,22)(H,23,24)/t13-/m0/s1. The first kappa shape index (κ1) is 19.1. The van der Waals surface area contributed by atoms with E-state index in [0.717, 1.165) is 29.7 Å². The molecule has 142 valence electrons. The van der Waals surface area contributed by atoms with Crippen molar-refractivity contribution in [3.63, 3.8) is 0 Å². The van der Waals surface area contributed by atoms with Gasteiger partial charge < -0.3 is 15.2 Å². The third-order valence-electron chi connectivity index (χ3n) is 4.74. The van der Waals surface area contributed by atoms with E-state index in [9.17, 15) is 14.4 Å². The summed E-state index contributed by atoms with van der Waals surface area (Å²) in [5.74, 6) is -1.55. The van der Waals surface area contributed by atoms with Gasteiger partial charge in [0.2, 0.25) is 5.91 Å². The number of benzene rings is 1. The van der Waals surface area contributed by atoms with E-state index in [1.54, 1.807) is 0 Å². The van der Waals surface area contributed by atoms with Gasteiger partial charge in [-0.3, -0.25) is 9.59 Å². The molecule has 1 aromatic heterocycles. The lowest BCUT2D eigenvalue weighted by molar-refractivity contribution is -0.138. The zero-order valence-electron chi connectivity index (χ0n) is 15.0. The summed E-state index contributed by atoms with van der Waals surface area (Å²) in [6, 6.07) is 10.3. The summed E-state index contributed by atoms with van der Waals surface area (Å²) in [6.45, 7) is 0. The van der Waals surface area contributed by atoms with Crippen LogP contribution in [0.5, 0.6) is 0 Å². The topological polar surface area (TPSA) is 92.7 Å². The molecule has 1 amide bonds. The normalized spacial score (nSPS) is 15.7. The lowest BCUT2D eigenvalue weighted by Crippen LogP contribution is -2.16. The molecule has 0 bridgehead atoms. The maximum absolute atomic E-state index is 12.3. The molecule has 0 unspecified atom stereocenters. The number of hydrogen-bond donors (Lipinski definition) is 2. The first-order chi connectivity index (χ1) is 13.0. The van der Waals surface area contributed by atoms with E-state index in [2.05, 4.69) is 17.4 Å². The highest BCUT2D eigenvalue weighted by molar-refractivity contribution is 7.17. The van der Waals surface area contributed by atoms with E-state index < -0.39 is 17.8 Å². The second-order valence-electron chi connectivity index (χ2n) is 6.49. The second-order valence-corrected chi connectivity index (χ2v) is 7.60. The van der Waals surface area contributed by atoms with Crippen LogP contribution in [0.2, 0.25) is 0 Å². The number of ether oxygens (including phenoxy) is 1. The van der Waals surface area contributed by atoms with Crippen LogP contribution in [0.15, 0.2) is 30.3 Å². The maximum Gasteiger partial charge on any atom is 0.341 e. The van der Waals surface area contributed by atoms with Gasteiger partial charge in [-0.15, -0.1) is 11.3 Å². The highest BCUT2D eigenvalue weighted by Crippen LogP contribution is 2.42. The molecule has 2 aromatic rings. The number of amides is 1. The quantitative estimate of drug-likeness (QED) is 0.739. The molecule has 27 heavy (non-hydrogen) atoms. The van der Waals surface area contributed by atoms with Gasteiger partial charge >= 0.3 is 11.9 Å². The van der Waals surface area contributed by atoms with Crippen molar-refractivity contribution < 1.29 is 24.2 Å². The molecule has 2 N–H and O–H groups in total. The fourth-order valence-corrected chi connectivity index (χ4v) is 4.74. The van der Waals surface area contributed by atoms with Crippen molar-refractivity contribution >= 4 is 34.2 Å². The highest BCUT2D eigenvalue weighted by atomic mass is 32.1. The Labute approximate surface area is 161 Å². The van der Waals surface area contributed by atoms with Crippen LogP contribution in [0.1, 0.15) is 51.5 Å². The third kappa shape index (κ3) is 4.36. The van der Waals surface area contributed by atoms with Crippen LogP contribution < -0.4 is 5.32 Å². The maximum atomic E-state index is 12.3. The zero-order chi connectivity index (χ0) is 19.4. The number of rotatable bonds is 6. The summed E-state index contributed by atoms with van der Waals surface area (Å²) in [4.78, 5) is 36.1. The summed E-state index contributed by atoms with van der Waals surface area (Å²) in [6.07, 6.45) is 2.08. The van der Waals surface area contributed by atoms with Crippen LogP contribution in [0.25, 0.3) is 0 Å². The van der Waals surface area contributed by atoms with Gasteiger partial charge in [-0.1, -0.05) is 30.3 Å². The lowest BCUT2D eigenvalue weighted by Gasteiger charge is -2.22. The number of esters is 1. The number of carboxylic acid groups (broad SMARTS) is 1. The summed E-state index contributed by atoms with van der Waals surface area (Å²) in [5, 5.41) is 11.9. The molecular formula is C20H21NO5S. The number of carbonyl (C=O) groups is 3. The summed E-state index contributed by atoms with van der Waals surface area (Å²) in [7, 11) is 1.32. The monoisotopic (exact) mass is 387 g/mol. The first-order valence-corrected chi connectivity index (χ1v) is 9.60. The Bertz CT molecular complexity index is 859. The Morgan fingerprint density at radius 3 is 2.63 bits per heavy atom. The van der Waals surface area contributed by atoms with E-state index in [1.807, 2.05) is 18.2 Å². The molecule has 1 heterocycles. The van der Waals surface area contributed by atoms with E-state index in [1.165, 1.54) is 24.0 Å². The van der Waals surface area contributed by atoms with Crippen LogP contribution in [-0.2, 0) is 27.2 Å². The molecule has 3 rings (SSSR count). The number of anilines is 1. The van der Waals surface area contributed by atoms with Crippen molar-refractivity contribution in [2.45, 2.75) is 38.0 Å². The number of carboxylic acids is 1. The lowest BCUT2D eigenvalue weighted by atomic mass is 9.83. The fourth-order valence-electron chi connectivity index (χ4n) is 3.41. The number of aliphatic carboxylic acids is 1. The minimum absolute atomic E-state index is 0.134. The van der Waals surface area contributed by atoms with E-state index in [4.69, 9.17) is 9.84 Å². The van der Waals surface area contributed by atoms with Gasteiger partial charge in [0, 0.05) is 11.3 Å². The average Bonchev–Trinajstić information content (AvgIpc) is 3.03. The minimum atomic E-state index is -1.03. The van der Waals surface area contributed by atoms with Gasteiger partial charge in [0.15, 0.2) is 0 Å². The summed E-state index contributed by atoms with van der Waals surface area (Å²) in [5.41, 5.74) is 2.61. The SMILES string of the molecule is COC(=O)c1c(NC(=O)CCC(=O)O)sc2c1CC[C@H](c1ccccc1)C2. The predicted octanol–water partition coefficient (Wildman–Crippen LogP) is 3.61. The van der Waals surface area contributed by atoms with E-state index >= 15 is 0 Å². The number of nitrogens with one attached hydrogen (secondary N) is 1. The Morgan fingerprint density at radius 2 is 1.96 bits per heavy atom. The van der Waals surface area contributed by atoms with Crippen LogP contribution in [0.4, 0.5) is 5.00 Å². The summed E-state index contributed by atoms with van der Waals surface area (Å²) < 4.78 is 4.91. The van der Waals surface area contributed by atoms with Crippen molar-refractivity contribution in [1.29, 1.82) is 0 Å². The van der Waals surface area contributed by atoms with Gasteiger partial charge in [-0.05, 0) is 36.3 Å². The Balaban J connectivity index is 1.85. The molecule has 1 atom stereocenters. The molecule has 0 fully saturated rings. The smallest absolute Gasteiger partial charge is 0.341 e. The summed E-state index contributed by atoms with van der Waals surface area (Å²) >= 11 is 1.39. The number of hydrogen-bond acceptors (Lipinski definition) is 5. The fraction of sp³-hybridized carbons (Fsp3) is 0.350. The van der Waals surface area contributed by atoms with Gasteiger partial charge in [0.25, 0.3) is 0 Å². The van der Waals surface area contributed by atoms with Crippen LogP contribution in [-0.4, -0.2) is 30.1 Å². The van der Waals surface area contributed by atoms with Crippen molar-refractivity contribution in [2.24, 2.45) is 0 Å². The molecule has 0 radical (unpaired) electrons. The van der Waals surface area contributed by atoms with Gasteiger partial charge in [0.05, 0.1) is 19.1 Å². The van der Waals surface area contributed by atoms with Crippen molar-refractivity contribution in [3.8, 4) is 0 Å². The van der Waals surface area contributed by atoms with Crippen molar-refractivity contribution in [1.82, 2.24) is 0 Å². The Morgan fingerprint density at radius 1 is 1.22 bits per heavy atom. The molecule has 0 saturated heterocycles. The van der Waals surface area contributed by atoms with E-state index in [-0.39, 0.29) is 12.8 Å². The van der Waals surface area contributed by atoms with Gasteiger partial charge in [0.1, 0.15) is 5.00 Å². The number of carbonyl (C=O) groups excluding carboxylic acids is 2. The average molecular weight is 387 g/mol. The molecule has 0 aliphatic heterocycles. The molecule has 0 spiro atoms. The van der Waals surface area contributed by atoms with Crippen molar-refractivity contribution in [3.05, 3.63) is 51.9 Å². The first-order valence-electron chi connectivity index (χ1n) is 8.79. The number of thiophene rings is 1. The molecule has 0 saturated carbocycles. The molecule has 6 nitrogen and oxygen atoms in total. The zero-order valence-corrected chi connectivity index (χ0v) is 15.8. The van der Waals surface area contributed by atoms with Gasteiger partial charge in [-0.2, -0.15) is 0 Å². The van der Waals surface area contributed by atoms with Crippen LogP contribution in [0, 0.1) is 0 Å². The van der Waals surface area contributed by atoms with Crippen LogP contribution in [0.3, 0.4) is 0 Å². The second kappa shape index (κ2) is 8.35. The molecule has 1 aliphatic carbocycles. The predicted molar refractivity (Wildman–Crippen MR) is 102 cm³/mol. The third-order valence-corrected chi connectivity index (χ3v) is 5.91. The molecule has 1 aromatic carbocycles.